The predicted molar refractivity (Wildman–Crippen MR) is 66.6 cm³/mol. The molecule has 4 N–H and O–H groups in total. The van der Waals surface area contributed by atoms with Crippen LogP contribution in [0.1, 0.15) is 12.8 Å². The van der Waals surface area contributed by atoms with Crippen LogP contribution < -0.4 is 11.1 Å². The lowest BCUT2D eigenvalue weighted by atomic mass is 10.2. The molecule has 1 fully saturated rings. The molecule has 6 heteroatoms. The molecule has 0 aromatic heterocycles. The molecule has 2 rings (SSSR count). The molecule has 0 unspecified atom stereocenters. The van der Waals surface area contributed by atoms with E-state index in [0.717, 1.165) is 19.1 Å². The second-order valence-corrected chi connectivity index (χ2v) is 6.60. The van der Waals surface area contributed by atoms with E-state index in [1.54, 1.807) is 6.07 Å². The zero-order chi connectivity index (χ0) is 12.7. The van der Waals surface area contributed by atoms with Gasteiger partial charge in [0.05, 0.1) is 28.4 Å². The fourth-order valence-electron chi connectivity index (χ4n) is 1.64. The number of nitrogens with one attached hydrogen (secondary N) is 1. The molecule has 0 bridgehead atoms. The highest BCUT2D eigenvalue weighted by Crippen LogP contribution is 2.39. The Morgan fingerprint density at radius 3 is 2.53 bits per heavy atom. The van der Waals surface area contributed by atoms with Crippen molar-refractivity contribution in [2.75, 3.05) is 23.9 Å². The molecule has 17 heavy (non-hydrogen) atoms. The maximum absolute atomic E-state index is 11.3. The van der Waals surface area contributed by atoms with Gasteiger partial charge in [-0.2, -0.15) is 0 Å². The molecule has 0 amide bonds. The summed E-state index contributed by atoms with van der Waals surface area (Å²) in [5, 5.41) is 12.3. The van der Waals surface area contributed by atoms with E-state index < -0.39 is 9.84 Å². The normalized spacial score (nSPS) is 17.8. The molecule has 0 spiro atoms. The second kappa shape index (κ2) is 3.89. The fourth-order valence-corrected chi connectivity index (χ4v) is 2.30. The minimum absolute atomic E-state index is 0.0558. The first-order valence-corrected chi connectivity index (χ1v) is 7.24. The lowest BCUT2D eigenvalue weighted by Crippen LogP contribution is -2.26. The van der Waals surface area contributed by atoms with E-state index in [-0.39, 0.29) is 17.0 Å². The van der Waals surface area contributed by atoms with Crippen LogP contribution in [0.2, 0.25) is 0 Å². The van der Waals surface area contributed by atoms with E-state index >= 15 is 0 Å². The molecule has 1 saturated carbocycles. The lowest BCUT2D eigenvalue weighted by Gasteiger charge is -2.17. The van der Waals surface area contributed by atoms with Crippen LogP contribution in [0.3, 0.4) is 0 Å². The smallest absolute Gasteiger partial charge is 0.175 e. The van der Waals surface area contributed by atoms with E-state index in [0.29, 0.717) is 11.4 Å². The molecule has 1 aliphatic rings. The van der Waals surface area contributed by atoms with E-state index in [4.69, 9.17) is 5.73 Å². The first-order chi connectivity index (χ1) is 7.86. The van der Waals surface area contributed by atoms with Crippen LogP contribution in [0.15, 0.2) is 23.1 Å². The van der Waals surface area contributed by atoms with Crippen LogP contribution in [0, 0.1) is 0 Å². The van der Waals surface area contributed by atoms with Gasteiger partial charge in [-0.25, -0.2) is 8.42 Å². The van der Waals surface area contributed by atoms with E-state index in [9.17, 15) is 13.5 Å². The number of hydrogen-bond acceptors (Lipinski definition) is 5. The average molecular weight is 256 g/mol. The Labute approximate surface area is 101 Å². The fraction of sp³-hybridized carbons (Fsp3) is 0.455. The molecular weight excluding hydrogens is 240 g/mol. The van der Waals surface area contributed by atoms with E-state index in [1.807, 2.05) is 0 Å². The van der Waals surface area contributed by atoms with Crippen molar-refractivity contribution >= 4 is 21.2 Å². The minimum atomic E-state index is -3.23. The number of aliphatic hydroxyl groups excluding tert-OH is 1. The average Bonchev–Trinajstić information content (AvgIpc) is 3.00. The quantitative estimate of drug-likeness (QED) is 0.686. The summed E-state index contributed by atoms with van der Waals surface area (Å²) in [5.41, 5.74) is 6.59. The van der Waals surface area contributed by atoms with Gasteiger partial charge in [0, 0.05) is 6.26 Å². The molecular formula is C11H16N2O3S. The molecule has 1 aromatic rings. The summed E-state index contributed by atoms with van der Waals surface area (Å²) in [6.07, 6.45) is 2.94. The molecule has 0 radical (unpaired) electrons. The van der Waals surface area contributed by atoms with Gasteiger partial charge in [0.2, 0.25) is 0 Å². The molecule has 0 atom stereocenters. The van der Waals surface area contributed by atoms with Crippen LogP contribution in [0.25, 0.3) is 0 Å². The van der Waals surface area contributed by atoms with Crippen molar-refractivity contribution < 1.29 is 13.5 Å². The zero-order valence-corrected chi connectivity index (χ0v) is 10.4. The van der Waals surface area contributed by atoms with Crippen molar-refractivity contribution in [3.8, 4) is 0 Å². The van der Waals surface area contributed by atoms with Crippen molar-refractivity contribution in [2.24, 2.45) is 0 Å². The number of benzene rings is 1. The zero-order valence-electron chi connectivity index (χ0n) is 9.60. The Balaban J connectivity index is 2.27. The molecule has 0 aliphatic heterocycles. The summed E-state index contributed by atoms with van der Waals surface area (Å²) in [6, 6.07) is 4.59. The third-order valence-corrected chi connectivity index (χ3v) is 4.12. The second-order valence-electron chi connectivity index (χ2n) is 4.58. The Morgan fingerprint density at radius 2 is 2.12 bits per heavy atom. The van der Waals surface area contributed by atoms with Gasteiger partial charge in [-0.3, -0.25) is 0 Å². The van der Waals surface area contributed by atoms with Gasteiger partial charge in [0.15, 0.2) is 9.84 Å². The number of nitrogen functional groups attached to an aromatic ring is 1. The predicted octanol–water partition coefficient (Wildman–Crippen LogP) is 0.609. The Bertz CT molecular complexity index is 536. The van der Waals surface area contributed by atoms with Crippen molar-refractivity contribution in [1.29, 1.82) is 0 Å². The number of aliphatic hydroxyl groups is 1. The maximum atomic E-state index is 11.3. The number of rotatable bonds is 4. The highest BCUT2D eigenvalue weighted by atomic mass is 32.2. The third-order valence-electron chi connectivity index (χ3n) is 3.01. The van der Waals surface area contributed by atoms with Crippen molar-refractivity contribution in [3.63, 3.8) is 0 Å². The van der Waals surface area contributed by atoms with Crippen LogP contribution in [-0.2, 0) is 9.84 Å². The first-order valence-electron chi connectivity index (χ1n) is 5.35. The van der Waals surface area contributed by atoms with E-state index in [2.05, 4.69) is 5.32 Å². The monoisotopic (exact) mass is 256 g/mol. The number of hydrogen-bond donors (Lipinski definition) is 3. The van der Waals surface area contributed by atoms with Crippen molar-refractivity contribution in [2.45, 2.75) is 23.3 Å². The van der Waals surface area contributed by atoms with Crippen molar-refractivity contribution in [3.05, 3.63) is 18.2 Å². The first kappa shape index (κ1) is 12.2. The molecule has 1 aromatic carbocycles. The van der Waals surface area contributed by atoms with Crippen LogP contribution in [-0.4, -0.2) is 31.9 Å². The molecule has 0 saturated heterocycles. The van der Waals surface area contributed by atoms with Crippen LogP contribution in [0.5, 0.6) is 0 Å². The molecule has 5 nitrogen and oxygen atoms in total. The van der Waals surface area contributed by atoms with Gasteiger partial charge in [-0.1, -0.05) is 0 Å². The van der Waals surface area contributed by atoms with Gasteiger partial charge in [0.25, 0.3) is 0 Å². The summed E-state index contributed by atoms with van der Waals surface area (Å²) >= 11 is 0. The third kappa shape index (κ3) is 2.53. The summed E-state index contributed by atoms with van der Waals surface area (Å²) in [7, 11) is -3.23. The topological polar surface area (TPSA) is 92.4 Å². The SMILES string of the molecule is CS(=O)(=O)c1ccc(NC2(CO)CC2)c(N)c1. The summed E-state index contributed by atoms with van der Waals surface area (Å²) in [6.45, 7) is 0.0558. The van der Waals surface area contributed by atoms with Gasteiger partial charge >= 0.3 is 0 Å². The summed E-state index contributed by atoms with van der Waals surface area (Å²) in [5.74, 6) is 0. The largest absolute Gasteiger partial charge is 0.397 e. The Morgan fingerprint density at radius 1 is 1.47 bits per heavy atom. The molecule has 1 aliphatic carbocycles. The van der Waals surface area contributed by atoms with Crippen molar-refractivity contribution in [1.82, 2.24) is 0 Å². The van der Waals surface area contributed by atoms with Crippen LogP contribution >= 0.6 is 0 Å². The van der Waals surface area contributed by atoms with Gasteiger partial charge in [0.1, 0.15) is 0 Å². The number of sulfone groups is 1. The summed E-state index contributed by atoms with van der Waals surface area (Å²) in [4.78, 5) is 0.203. The van der Waals surface area contributed by atoms with Gasteiger partial charge < -0.3 is 16.2 Å². The maximum Gasteiger partial charge on any atom is 0.175 e. The van der Waals surface area contributed by atoms with E-state index in [1.165, 1.54) is 12.1 Å². The minimum Gasteiger partial charge on any atom is -0.397 e. The number of anilines is 2. The highest BCUT2D eigenvalue weighted by molar-refractivity contribution is 7.90. The Kier molecular flexibility index (Phi) is 2.79. The molecule has 0 heterocycles. The number of nitrogens with two attached hydrogens (primary N) is 1. The molecule has 94 valence electrons. The Hall–Kier alpha value is -1.27. The van der Waals surface area contributed by atoms with Crippen LogP contribution in [0.4, 0.5) is 11.4 Å². The lowest BCUT2D eigenvalue weighted by molar-refractivity contribution is 0.266. The standard InChI is InChI=1S/C11H16N2O3S/c1-17(15,16)8-2-3-10(9(12)6-8)13-11(7-14)4-5-11/h2-3,6,13-14H,4-5,7,12H2,1H3. The summed E-state index contributed by atoms with van der Waals surface area (Å²) < 4.78 is 22.7. The van der Waals surface area contributed by atoms with Gasteiger partial charge in [-0.05, 0) is 31.0 Å². The highest BCUT2D eigenvalue weighted by Gasteiger charge is 2.42. The van der Waals surface area contributed by atoms with Gasteiger partial charge in [-0.15, -0.1) is 0 Å².